The van der Waals surface area contributed by atoms with Crippen molar-refractivity contribution in [3.05, 3.63) is 64.7 Å². The number of benzene rings is 2. The predicted octanol–water partition coefficient (Wildman–Crippen LogP) is 4.22. The number of carbonyl (C=O) groups excluding carboxylic acids is 2. The molecule has 0 unspecified atom stereocenters. The van der Waals surface area contributed by atoms with E-state index in [4.69, 9.17) is 0 Å². The summed E-state index contributed by atoms with van der Waals surface area (Å²) in [6.45, 7) is 0. The maximum atomic E-state index is 13.6. The van der Waals surface area contributed by atoms with E-state index in [9.17, 15) is 40.3 Å². The van der Waals surface area contributed by atoms with Gasteiger partial charge in [0.15, 0.2) is 0 Å². The lowest BCUT2D eigenvalue weighted by molar-refractivity contribution is -0.137. The van der Waals surface area contributed by atoms with Crippen LogP contribution >= 0.6 is 0 Å². The number of amides is 3. The van der Waals surface area contributed by atoms with Gasteiger partial charge < -0.3 is 5.32 Å². The highest BCUT2D eigenvalue weighted by molar-refractivity contribution is 6.08. The van der Waals surface area contributed by atoms with Crippen LogP contribution in [-0.2, 0) is 6.18 Å². The number of nitrogens with one attached hydrogen (secondary N) is 2. The topological polar surface area (TPSA) is 58.2 Å². The zero-order valence-corrected chi connectivity index (χ0v) is 12.3. The van der Waals surface area contributed by atoms with Crippen molar-refractivity contribution in [2.45, 2.75) is 6.18 Å². The first-order valence-corrected chi connectivity index (χ1v) is 6.62. The monoisotopic (exact) mass is 380 g/mol. The first-order chi connectivity index (χ1) is 12.0. The smallest absolute Gasteiger partial charge is 0.305 e. The van der Waals surface area contributed by atoms with Crippen LogP contribution in [0.15, 0.2) is 30.3 Å². The third-order valence-corrected chi connectivity index (χ3v) is 3.01. The third kappa shape index (κ3) is 4.29. The molecule has 11 heteroatoms. The van der Waals surface area contributed by atoms with Gasteiger partial charge in [0.25, 0.3) is 5.91 Å². The fraction of sp³-hybridized carbons (Fsp3) is 0.0667. The highest BCUT2D eigenvalue weighted by atomic mass is 19.4. The van der Waals surface area contributed by atoms with E-state index in [1.165, 1.54) is 5.32 Å². The maximum Gasteiger partial charge on any atom is 0.416 e. The van der Waals surface area contributed by atoms with Gasteiger partial charge in [0.2, 0.25) is 0 Å². The van der Waals surface area contributed by atoms with Crippen LogP contribution in [0.4, 0.5) is 41.2 Å². The van der Waals surface area contributed by atoms with Crippen LogP contribution in [0.3, 0.4) is 0 Å². The zero-order chi connectivity index (χ0) is 19.6. The summed E-state index contributed by atoms with van der Waals surface area (Å²) in [7, 11) is 0. The lowest BCUT2D eigenvalue weighted by Crippen LogP contribution is -2.35. The minimum Gasteiger partial charge on any atom is -0.305 e. The molecule has 0 heterocycles. The van der Waals surface area contributed by atoms with Crippen LogP contribution in [0.2, 0.25) is 0 Å². The van der Waals surface area contributed by atoms with Gasteiger partial charge in [-0.1, -0.05) is 0 Å². The zero-order valence-electron chi connectivity index (χ0n) is 12.3. The molecule has 4 nitrogen and oxygen atoms in total. The quantitative estimate of drug-likeness (QED) is 0.767. The van der Waals surface area contributed by atoms with Crippen LogP contribution in [0.1, 0.15) is 15.9 Å². The molecular weight excluding hydrogens is 373 g/mol. The molecule has 26 heavy (non-hydrogen) atoms. The van der Waals surface area contributed by atoms with Gasteiger partial charge in [-0.15, -0.1) is 0 Å². The second-order valence-corrected chi connectivity index (χ2v) is 4.85. The van der Waals surface area contributed by atoms with E-state index in [-0.39, 0.29) is 18.2 Å². The van der Waals surface area contributed by atoms with Crippen LogP contribution in [-0.4, -0.2) is 11.9 Å². The number of alkyl halides is 3. The van der Waals surface area contributed by atoms with Gasteiger partial charge in [-0.25, -0.2) is 22.4 Å². The summed E-state index contributed by atoms with van der Waals surface area (Å²) in [4.78, 5) is 23.2. The van der Waals surface area contributed by atoms with E-state index in [0.717, 1.165) is 0 Å². The van der Waals surface area contributed by atoms with Gasteiger partial charge in [0, 0.05) is 12.1 Å². The molecule has 0 spiro atoms. The van der Waals surface area contributed by atoms with Crippen LogP contribution in [0, 0.1) is 23.3 Å². The minimum absolute atomic E-state index is 0.108. The van der Waals surface area contributed by atoms with Gasteiger partial charge in [0.1, 0.15) is 28.8 Å². The molecule has 0 aliphatic carbocycles. The van der Waals surface area contributed by atoms with E-state index in [1.54, 1.807) is 5.32 Å². The van der Waals surface area contributed by atoms with Crippen molar-refractivity contribution in [1.29, 1.82) is 0 Å². The first kappa shape index (κ1) is 19.2. The number of rotatable bonds is 2. The Labute approximate surface area is 140 Å². The Balaban J connectivity index is 2.13. The fourth-order valence-electron chi connectivity index (χ4n) is 1.87. The molecule has 0 atom stereocenters. The summed E-state index contributed by atoms with van der Waals surface area (Å²) in [6.07, 6.45) is -4.81. The Morgan fingerprint density at radius 3 is 1.92 bits per heavy atom. The average Bonchev–Trinajstić information content (AvgIpc) is 2.46. The molecule has 2 aromatic rings. The fourth-order valence-corrected chi connectivity index (χ4v) is 1.87. The van der Waals surface area contributed by atoms with E-state index in [1.807, 2.05) is 0 Å². The average molecular weight is 380 g/mol. The number of urea groups is 1. The third-order valence-electron chi connectivity index (χ3n) is 3.01. The molecule has 3 amide bonds. The van der Waals surface area contributed by atoms with Crippen molar-refractivity contribution < 1.29 is 40.3 Å². The van der Waals surface area contributed by atoms with Gasteiger partial charge in [-0.2, -0.15) is 13.2 Å². The lowest BCUT2D eigenvalue weighted by atomic mass is 10.1. The van der Waals surface area contributed by atoms with Gasteiger partial charge in [0.05, 0.1) is 11.3 Å². The number of anilines is 1. The van der Waals surface area contributed by atoms with Crippen molar-refractivity contribution >= 4 is 17.6 Å². The summed E-state index contributed by atoms with van der Waals surface area (Å²) in [5.41, 5.74) is -3.30. The molecule has 2 aromatic carbocycles. The Kier molecular flexibility index (Phi) is 5.19. The van der Waals surface area contributed by atoms with Crippen LogP contribution < -0.4 is 10.6 Å². The van der Waals surface area contributed by atoms with Crippen LogP contribution in [0.5, 0.6) is 0 Å². The normalized spacial score (nSPS) is 11.2. The van der Waals surface area contributed by atoms with Crippen LogP contribution in [0.25, 0.3) is 0 Å². The molecule has 0 aliphatic heterocycles. The number of halogens is 7. The molecule has 0 saturated heterocycles. The summed E-state index contributed by atoms with van der Waals surface area (Å²) < 4.78 is 90.4. The molecule has 0 aliphatic rings. The largest absolute Gasteiger partial charge is 0.416 e. The Morgan fingerprint density at radius 2 is 1.42 bits per heavy atom. The van der Waals surface area contributed by atoms with E-state index in [2.05, 4.69) is 0 Å². The van der Waals surface area contributed by atoms with Gasteiger partial charge in [-0.3, -0.25) is 10.1 Å². The molecule has 2 N–H and O–H groups in total. The summed E-state index contributed by atoms with van der Waals surface area (Å²) in [5, 5.41) is 3.15. The molecule has 0 fully saturated rings. The summed E-state index contributed by atoms with van der Waals surface area (Å²) in [6, 6.07) is 0.0890. The molecular formula is C15H7F7N2O2. The van der Waals surface area contributed by atoms with Crippen molar-refractivity contribution in [1.82, 2.24) is 5.32 Å². The molecule has 0 aromatic heterocycles. The molecule has 2 rings (SSSR count). The molecule has 0 radical (unpaired) electrons. The van der Waals surface area contributed by atoms with E-state index in [0.29, 0.717) is 12.1 Å². The molecule has 138 valence electrons. The number of hydrogen-bond donors (Lipinski definition) is 2. The van der Waals surface area contributed by atoms with Crippen molar-refractivity contribution in [3.8, 4) is 0 Å². The Bertz CT molecular complexity index is 858. The first-order valence-electron chi connectivity index (χ1n) is 6.62. The summed E-state index contributed by atoms with van der Waals surface area (Å²) >= 11 is 0. The Hall–Kier alpha value is -3.11. The van der Waals surface area contributed by atoms with Crippen molar-refractivity contribution in [2.75, 3.05) is 5.32 Å². The Morgan fingerprint density at radius 1 is 0.846 bits per heavy atom. The second kappa shape index (κ2) is 7.02. The van der Waals surface area contributed by atoms with Gasteiger partial charge >= 0.3 is 12.2 Å². The predicted molar refractivity (Wildman–Crippen MR) is 74.2 cm³/mol. The number of carbonyl (C=O) groups is 2. The number of imide groups is 1. The lowest BCUT2D eigenvalue weighted by Gasteiger charge is -2.11. The highest BCUT2D eigenvalue weighted by Gasteiger charge is 2.31. The molecule has 0 saturated carbocycles. The number of hydrogen-bond acceptors (Lipinski definition) is 2. The van der Waals surface area contributed by atoms with Gasteiger partial charge in [-0.05, 0) is 18.2 Å². The van der Waals surface area contributed by atoms with Crippen molar-refractivity contribution in [3.63, 3.8) is 0 Å². The second-order valence-electron chi connectivity index (χ2n) is 4.85. The summed E-state index contributed by atoms with van der Waals surface area (Å²) in [5.74, 6) is -7.54. The SMILES string of the molecule is O=C(NC(=O)c1c(F)cc(F)cc1F)Nc1ccc(C(F)(F)F)cc1F. The highest BCUT2D eigenvalue weighted by Crippen LogP contribution is 2.31. The van der Waals surface area contributed by atoms with Crippen molar-refractivity contribution in [2.24, 2.45) is 0 Å². The van der Waals surface area contributed by atoms with E-state index < -0.39 is 58.2 Å². The standard InChI is InChI=1S/C15H7F7N2O2/c16-7-4-9(18)12(10(19)5-7)13(25)24-14(26)23-11-2-1-6(3-8(11)17)15(20,21)22/h1-5H,(H2,23,24,25,26). The molecule has 0 bridgehead atoms. The van der Waals surface area contributed by atoms with E-state index >= 15 is 0 Å². The maximum absolute atomic E-state index is 13.6. The minimum atomic E-state index is -4.81.